The van der Waals surface area contributed by atoms with Gasteiger partial charge in [0.1, 0.15) is 0 Å². The highest BCUT2D eigenvalue weighted by Gasteiger charge is 2.32. The number of halogens is 1. The minimum atomic E-state index is -0.527. The van der Waals surface area contributed by atoms with Crippen LogP contribution in [0.1, 0.15) is 32.3 Å². The second-order valence-corrected chi connectivity index (χ2v) is 4.80. The lowest BCUT2D eigenvalue weighted by Crippen LogP contribution is -2.45. The molecule has 0 spiro atoms. The number of carbonyl (C=O) groups is 1. The standard InChI is InChI=1S/C14H21N3O3.ClH/c1-3-14(4-2,10-15)13(18)16-9-11-5-7-12(8-6-11)17(19)20;/h5-8H,3-4,9-10,15H2,1-2H3,(H,16,18);1H. The van der Waals surface area contributed by atoms with Crippen molar-refractivity contribution in [3.8, 4) is 0 Å². The third-order valence-electron chi connectivity index (χ3n) is 3.83. The fraction of sp³-hybridized carbons (Fsp3) is 0.500. The fourth-order valence-electron chi connectivity index (χ4n) is 2.06. The SMILES string of the molecule is CCC(CC)(CN)C(=O)NCc1ccc([N+](=O)[O-])cc1.Cl. The van der Waals surface area contributed by atoms with Gasteiger partial charge in [0.2, 0.25) is 5.91 Å². The molecule has 1 aromatic rings. The molecule has 21 heavy (non-hydrogen) atoms. The molecule has 0 saturated heterocycles. The first-order valence-corrected chi connectivity index (χ1v) is 6.70. The normalized spacial score (nSPS) is 10.6. The summed E-state index contributed by atoms with van der Waals surface area (Å²) in [6, 6.07) is 6.13. The van der Waals surface area contributed by atoms with Crippen LogP contribution in [-0.2, 0) is 11.3 Å². The monoisotopic (exact) mass is 315 g/mol. The molecular formula is C14H22ClN3O3. The summed E-state index contributed by atoms with van der Waals surface area (Å²) in [4.78, 5) is 22.3. The van der Waals surface area contributed by atoms with Crippen LogP contribution in [0.5, 0.6) is 0 Å². The van der Waals surface area contributed by atoms with Gasteiger partial charge < -0.3 is 11.1 Å². The molecule has 1 aromatic carbocycles. The molecule has 0 aliphatic carbocycles. The first-order valence-electron chi connectivity index (χ1n) is 6.70. The van der Waals surface area contributed by atoms with Crippen molar-refractivity contribution in [2.45, 2.75) is 33.2 Å². The van der Waals surface area contributed by atoms with E-state index in [-0.39, 0.29) is 24.0 Å². The molecule has 1 amide bonds. The highest BCUT2D eigenvalue weighted by Crippen LogP contribution is 2.25. The van der Waals surface area contributed by atoms with Crippen LogP contribution in [0.4, 0.5) is 5.69 Å². The molecule has 0 aliphatic rings. The summed E-state index contributed by atoms with van der Waals surface area (Å²) in [6.45, 7) is 4.55. The Morgan fingerprint density at radius 2 is 1.81 bits per heavy atom. The van der Waals surface area contributed by atoms with E-state index in [1.807, 2.05) is 13.8 Å². The van der Waals surface area contributed by atoms with Gasteiger partial charge in [-0.15, -0.1) is 12.4 Å². The predicted octanol–water partition coefficient (Wildman–Crippen LogP) is 2.40. The maximum atomic E-state index is 12.2. The summed E-state index contributed by atoms with van der Waals surface area (Å²) in [7, 11) is 0. The number of hydrogen-bond acceptors (Lipinski definition) is 4. The maximum Gasteiger partial charge on any atom is 0.269 e. The molecule has 0 bridgehead atoms. The van der Waals surface area contributed by atoms with Crippen LogP contribution in [0.2, 0.25) is 0 Å². The van der Waals surface area contributed by atoms with Gasteiger partial charge in [0.25, 0.3) is 5.69 Å². The summed E-state index contributed by atoms with van der Waals surface area (Å²) in [5.41, 5.74) is 6.05. The number of nitrogens with one attached hydrogen (secondary N) is 1. The Bertz CT molecular complexity index is 465. The molecule has 0 saturated carbocycles. The molecule has 0 atom stereocenters. The highest BCUT2D eigenvalue weighted by molar-refractivity contribution is 5.85. The minimum Gasteiger partial charge on any atom is -0.352 e. The van der Waals surface area contributed by atoms with Gasteiger partial charge >= 0.3 is 0 Å². The molecule has 118 valence electrons. The van der Waals surface area contributed by atoms with Crippen LogP contribution in [0.25, 0.3) is 0 Å². The van der Waals surface area contributed by atoms with Crippen molar-refractivity contribution in [2.24, 2.45) is 11.1 Å². The molecule has 0 heterocycles. The van der Waals surface area contributed by atoms with E-state index in [1.165, 1.54) is 12.1 Å². The number of nitrogens with two attached hydrogens (primary N) is 1. The first-order chi connectivity index (χ1) is 9.49. The number of non-ortho nitro benzene ring substituents is 1. The molecule has 6 nitrogen and oxygen atoms in total. The number of carbonyl (C=O) groups excluding carboxylic acids is 1. The van der Waals surface area contributed by atoms with Crippen LogP contribution in [-0.4, -0.2) is 17.4 Å². The Morgan fingerprint density at radius 3 is 2.19 bits per heavy atom. The zero-order chi connectivity index (χ0) is 15.2. The van der Waals surface area contributed by atoms with E-state index >= 15 is 0 Å². The van der Waals surface area contributed by atoms with Crippen LogP contribution < -0.4 is 11.1 Å². The van der Waals surface area contributed by atoms with Gasteiger partial charge in [0, 0.05) is 25.2 Å². The predicted molar refractivity (Wildman–Crippen MR) is 84.3 cm³/mol. The van der Waals surface area contributed by atoms with Crippen LogP contribution in [0.15, 0.2) is 24.3 Å². The van der Waals surface area contributed by atoms with Crippen molar-refractivity contribution in [3.05, 3.63) is 39.9 Å². The summed E-state index contributed by atoms with van der Waals surface area (Å²) in [5.74, 6) is -0.0663. The Morgan fingerprint density at radius 1 is 1.29 bits per heavy atom. The summed E-state index contributed by atoms with van der Waals surface area (Å²) < 4.78 is 0. The molecule has 7 heteroatoms. The van der Waals surface area contributed by atoms with Crippen molar-refractivity contribution in [1.29, 1.82) is 0 Å². The maximum absolute atomic E-state index is 12.2. The van der Waals surface area contributed by atoms with E-state index in [9.17, 15) is 14.9 Å². The minimum absolute atomic E-state index is 0. The van der Waals surface area contributed by atoms with Gasteiger partial charge in [-0.25, -0.2) is 0 Å². The van der Waals surface area contributed by atoms with Crippen LogP contribution in [0.3, 0.4) is 0 Å². The van der Waals surface area contributed by atoms with E-state index in [0.29, 0.717) is 25.9 Å². The Hall–Kier alpha value is -1.66. The lowest BCUT2D eigenvalue weighted by molar-refractivity contribution is -0.384. The Kier molecular flexibility index (Phi) is 7.91. The number of nitrogens with zero attached hydrogens (tertiary/aromatic N) is 1. The second-order valence-electron chi connectivity index (χ2n) is 4.80. The smallest absolute Gasteiger partial charge is 0.269 e. The molecule has 1 rings (SSSR count). The third kappa shape index (κ3) is 4.68. The average molecular weight is 316 g/mol. The van der Waals surface area contributed by atoms with E-state index in [1.54, 1.807) is 12.1 Å². The molecule has 0 radical (unpaired) electrons. The zero-order valence-electron chi connectivity index (χ0n) is 12.3. The van der Waals surface area contributed by atoms with Gasteiger partial charge in [-0.3, -0.25) is 14.9 Å². The summed E-state index contributed by atoms with van der Waals surface area (Å²) in [5, 5.41) is 13.4. The number of rotatable bonds is 7. The van der Waals surface area contributed by atoms with Gasteiger partial charge in [-0.05, 0) is 18.4 Å². The first kappa shape index (κ1) is 19.3. The topological polar surface area (TPSA) is 98.3 Å². The van der Waals surface area contributed by atoms with Crippen molar-refractivity contribution < 1.29 is 9.72 Å². The van der Waals surface area contributed by atoms with Crippen molar-refractivity contribution in [1.82, 2.24) is 5.32 Å². The lowest BCUT2D eigenvalue weighted by Gasteiger charge is -2.28. The number of amides is 1. The Balaban J connectivity index is 0.00000400. The molecule has 0 aliphatic heterocycles. The Labute approximate surface area is 130 Å². The highest BCUT2D eigenvalue weighted by atomic mass is 35.5. The molecule has 0 aromatic heterocycles. The van der Waals surface area contributed by atoms with E-state index in [2.05, 4.69) is 5.32 Å². The number of nitro benzene ring substituents is 1. The van der Waals surface area contributed by atoms with Gasteiger partial charge in [-0.1, -0.05) is 26.0 Å². The summed E-state index contributed by atoms with van der Waals surface area (Å²) >= 11 is 0. The third-order valence-corrected chi connectivity index (χ3v) is 3.83. The number of hydrogen-bond donors (Lipinski definition) is 2. The molecule has 0 fully saturated rings. The quantitative estimate of drug-likeness (QED) is 0.596. The van der Waals surface area contributed by atoms with Crippen molar-refractivity contribution in [2.75, 3.05) is 6.54 Å². The van der Waals surface area contributed by atoms with E-state index in [4.69, 9.17) is 5.73 Å². The fourth-order valence-corrected chi connectivity index (χ4v) is 2.06. The van der Waals surface area contributed by atoms with Crippen molar-refractivity contribution in [3.63, 3.8) is 0 Å². The lowest BCUT2D eigenvalue weighted by atomic mass is 9.81. The van der Waals surface area contributed by atoms with Crippen molar-refractivity contribution >= 4 is 24.0 Å². The second kappa shape index (κ2) is 8.59. The molecule has 3 N–H and O–H groups in total. The molecular weight excluding hydrogens is 294 g/mol. The van der Waals surface area contributed by atoms with E-state index < -0.39 is 10.3 Å². The van der Waals surface area contributed by atoms with E-state index in [0.717, 1.165) is 5.56 Å². The number of nitro groups is 1. The average Bonchev–Trinajstić information content (AvgIpc) is 2.48. The largest absolute Gasteiger partial charge is 0.352 e. The number of benzene rings is 1. The zero-order valence-corrected chi connectivity index (χ0v) is 13.1. The van der Waals surface area contributed by atoms with Crippen LogP contribution in [0, 0.1) is 15.5 Å². The molecule has 0 unspecified atom stereocenters. The van der Waals surface area contributed by atoms with Gasteiger partial charge in [0.05, 0.1) is 10.3 Å². The summed E-state index contributed by atoms with van der Waals surface area (Å²) in [6.07, 6.45) is 1.37. The van der Waals surface area contributed by atoms with Crippen LogP contribution >= 0.6 is 12.4 Å². The van der Waals surface area contributed by atoms with Gasteiger partial charge in [-0.2, -0.15) is 0 Å². The van der Waals surface area contributed by atoms with Gasteiger partial charge in [0.15, 0.2) is 0 Å².